The van der Waals surface area contributed by atoms with Crippen LogP contribution in [-0.4, -0.2) is 17.1 Å². The number of hydrogen-bond acceptors (Lipinski definition) is 5. The molecule has 0 unspecified atom stereocenters. The zero-order chi connectivity index (χ0) is 13.8. The number of thiazole rings is 1. The summed E-state index contributed by atoms with van der Waals surface area (Å²) < 4.78 is 12.9. The van der Waals surface area contributed by atoms with E-state index in [-0.39, 0.29) is 11.7 Å². The lowest BCUT2D eigenvalue weighted by Crippen LogP contribution is -2.17. The van der Waals surface area contributed by atoms with Gasteiger partial charge in [0, 0.05) is 0 Å². The van der Waals surface area contributed by atoms with Crippen molar-refractivity contribution in [2.75, 3.05) is 5.73 Å². The van der Waals surface area contributed by atoms with Crippen molar-refractivity contribution in [1.82, 2.24) is 10.4 Å². The van der Waals surface area contributed by atoms with E-state index in [4.69, 9.17) is 5.73 Å². The van der Waals surface area contributed by atoms with Crippen LogP contribution in [-0.2, 0) is 0 Å². The van der Waals surface area contributed by atoms with Crippen LogP contribution in [0.1, 0.15) is 20.9 Å². The molecule has 98 valence electrons. The van der Waals surface area contributed by atoms with Gasteiger partial charge in [0.1, 0.15) is 10.7 Å². The number of aromatic nitrogens is 1. The van der Waals surface area contributed by atoms with Crippen molar-refractivity contribution < 1.29 is 9.18 Å². The van der Waals surface area contributed by atoms with Crippen LogP contribution in [0.5, 0.6) is 0 Å². The molecule has 0 fully saturated rings. The highest BCUT2D eigenvalue weighted by Crippen LogP contribution is 2.19. The molecule has 0 saturated carbocycles. The number of halogens is 1. The lowest BCUT2D eigenvalue weighted by molar-refractivity contribution is 0.0958. The summed E-state index contributed by atoms with van der Waals surface area (Å²) in [5, 5.41) is 4.09. The van der Waals surface area contributed by atoms with Gasteiger partial charge < -0.3 is 5.73 Å². The van der Waals surface area contributed by atoms with Gasteiger partial charge in [0.15, 0.2) is 5.13 Å². The molecule has 0 aliphatic rings. The molecule has 2 rings (SSSR count). The maximum absolute atomic E-state index is 12.9. The fourth-order valence-electron chi connectivity index (χ4n) is 1.43. The fourth-order valence-corrected chi connectivity index (χ4v) is 2.15. The molecule has 19 heavy (non-hydrogen) atoms. The van der Waals surface area contributed by atoms with Crippen LogP contribution >= 0.6 is 11.3 Å². The monoisotopic (exact) mass is 278 g/mol. The normalized spacial score (nSPS) is 10.8. The van der Waals surface area contributed by atoms with E-state index in [9.17, 15) is 9.18 Å². The number of aryl methyl sites for hydroxylation is 1. The molecule has 1 aromatic carbocycles. The predicted molar refractivity (Wildman–Crippen MR) is 72.7 cm³/mol. The van der Waals surface area contributed by atoms with E-state index in [1.54, 1.807) is 19.1 Å². The van der Waals surface area contributed by atoms with Crippen LogP contribution in [0.4, 0.5) is 9.52 Å². The number of anilines is 1. The van der Waals surface area contributed by atoms with Gasteiger partial charge in [-0.05, 0) is 24.6 Å². The summed E-state index contributed by atoms with van der Waals surface area (Å²) in [5.41, 5.74) is 8.96. The molecular formula is C12H11FN4OS. The highest BCUT2D eigenvalue weighted by Gasteiger charge is 2.13. The molecule has 1 heterocycles. The van der Waals surface area contributed by atoms with Gasteiger partial charge in [0.25, 0.3) is 5.91 Å². The van der Waals surface area contributed by atoms with Crippen molar-refractivity contribution >= 4 is 28.6 Å². The number of carbonyl (C=O) groups is 1. The average molecular weight is 278 g/mol. The SMILES string of the molecule is Cc1nc(N)sc1C(=O)N/N=C\c1cccc(F)c1. The van der Waals surface area contributed by atoms with Gasteiger partial charge in [0.2, 0.25) is 0 Å². The minimum Gasteiger partial charge on any atom is -0.375 e. The van der Waals surface area contributed by atoms with Crippen LogP contribution in [0.15, 0.2) is 29.4 Å². The number of hydrazone groups is 1. The van der Waals surface area contributed by atoms with E-state index < -0.39 is 0 Å². The molecule has 0 aliphatic carbocycles. The van der Waals surface area contributed by atoms with Gasteiger partial charge in [-0.3, -0.25) is 4.79 Å². The molecule has 5 nitrogen and oxygen atoms in total. The zero-order valence-corrected chi connectivity index (χ0v) is 10.9. The number of rotatable bonds is 3. The molecule has 2 aromatic rings. The van der Waals surface area contributed by atoms with Crippen molar-refractivity contribution in [2.24, 2.45) is 5.10 Å². The molecule has 0 spiro atoms. The van der Waals surface area contributed by atoms with E-state index >= 15 is 0 Å². The molecule has 0 bridgehead atoms. The van der Waals surface area contributed by atoms with Gasteiger partial charge in [-0.15, -0.1) is 0 Å². The Morgan fingerprint density at radius 2 is 2.37 bits per heavy atom. The van der Waals surface area contributed by atoms with Crippen molar-refractivity contribution in [3.8, 4) is 0 Å². The van der Waals surface area contributed by atoms with Gasteiger partial charge in [-0.2, -0.15) is 5.10 Å². The van der Waals surface area contributed by atoms with Crippen molar-refractivity contribution in [3.63, 3.8) is 0 Å². The van der Waals surface area contributed by atoms with Crippen molar-refractivity contribution in [2.45, 2.75) is 6.92 Å². The fraction of sp³-hybridized carbons (Fsp3) is 0.0833. The second kappa shape index (κ2) is 5.57. The van der Waals surface area contributed by atoms with Crippen LogP contribution in [0.25, 0.3) is 0 Å². The third-order valence-electron chi connectivity index (χ3n) is 2.25. The van der Waals surface area contributed by atoms with Crippen LogP contribution in [0, 0.1) is 12.7 Å². The molecule has 3 N–H and O–H groups in total. The molecule has 0 saturated heterocycles. The number of nitrogens with two attached hydrogens (primary N) is 1. The van der Waals surface area contributed by atoms with Gasteiger partial charge in [0.05, 0.1) is 11.9 Å². The first-order valence-corrected chi connectivity index (χ1v) is 6.20. The Labute approximate surface area is 113 Å². The van der Waals surface area contributed by atoms with E-state index in [1.165, 1.54) is 18.3 Å². The number of hydrogen-bond donors (Lipinski definition) is 2. The molecule has 0 aliphatic heterocycles. The minimum absolute atomic E-state index is 0.330. The van der Waals surface area contributed by atoms with Gasteiger partial charge in [-0.25, -0.2) is 14.8 Å². The summed E-state index contributed by atoms with van der Waals surface area (Å²) in [6.45, 7) is 1.69. The second-order valence-corrected chi connectivity index (χ2v) is 4.75. The molecule has 0 atom stereocenters. The number of nitrogens with one attached hydrogen (secondary N) is 1. The Kier molecular flexibility index (Phi) is 3.86. The first-order valence-electron chi connectivity index (χ1n) is 5.38. The molecule has 1 aromatic heterocycles. The lowest BCUT2D eigenvalue weighted by atomic mass is 10.2. The van der Waals surface area contributed by atoms with Crippen molar-refractivity contribution in [3.05, 3.63) is 46.2 Å². The van der Waals surface area contributed by atoms with Gasteiger partial charge in [-0.1, -0.05) is 23.5 Å². The first kappa shape index (κ1) is 13.2. The van der Waals surface area contributed by atoms with E-state index in [2.05, 4.69) is 15.5 Å². The predicted octanol–water partition coefficient (Wildman–Crippen LogP) is 1.94. The molecule has 1 amide bonds. The largest absolute Gasteiger partial charge is 0.375 e. The van der Waals surface area contributed by atoms with Crippen LogP contribution < -0.4 is 11.2 Å². The third-order valence-corrected chi connectivity index (χ3v) is 3.23. The third kappa shape index (κ3) is 3.35. The molecule has 0 radical (unpaired) electrons. The molecule has 7 heteroatoms. The summed E-state index contributed by atoms with van der Waals surface area (Å²) in [5.74, 6) is -0.749. The van der Waals surface area contributed by atoms with E-state index in [1.807, 2.05) is 0 Å². The Balaban J connectivity index is 2.03. The Bertz CT molecular complexity index is 638. The maximum atomic E-state index is 12.9. The molecular weight excluding hydrogens is 267 g/mol. The number of carbonyl (C=O) groups excluding carboxylic acids is 1. The summed E-state index contributed by atoms with van der Waals surface area (Å²) in [6, 6.07) is 5.88. The minimum atomic E-state index is -0.389. The summed E-state index contributed by atoms with van der Waals surface area (Å²) >= 11 is 1.09. The standard InChI is InChI=1S/C12H11FN4OS/c1-7-10(19-12(14)16-7)11(18)17-15-6-8-3-2-4-9(13)5-8/h2-6H,1H3,(H2,14,16)(H,17,18)/b15-6-. The van der Waals surface area contributed by atoms with Crippen molar-refractivity contribution in [1.29, 1.82) is 0 Å². The topological polar surface area (TPSA) is 80.4 Å². The average Bonchev–Trinajstić information content (AvgIpc) is 2.68. The number of amides is 1. The van der Waals surface area contributed by atoms with E-state index in [0.29, 0.717) is 21.3 Å². The lowest BCUT2D eigenvalue weighted by Gasteiger charge is -1.97. The Morgan fingerprint density at radius 1 is 1.58 bits per heavy atom. The van der Waals surface area contributed by atoms with E-state index in [0.717, 1.165) is 11.3 Å². The highest BCUT2D eigenvalue weighted by molar-refractivity contribution is 7.17. The number of nitrogens with zero attached hydrogens (tertiary/aromatic N) is 2. The number of nitrogen functional groups attached to an aromatic ring is 1. The first-order chi connectivity index (χ1) is 9.06. The Hall–Kier alpha value is -2.28. The second-order valence-electron chi connectivity index (χ2n) is 3.72. The highest BCUT2D eigenvalue weighted by atomic mass is 32.1. The summed E-state index contributed by atoms with van der Waals surface area (Å²) in [7, 11) is 0. The zero-order valence-electron chi connectivity index (χ0n) is 10.1. The smallest absolute Gasteiger partial charge is 0.283 e. The summed E-state index contributed by atoms with van der Waals surface area (Å²) in [4.78, 5) is 16.1. The number of benzene rings is 1. The van der Waals surface area contributed by atoms with Crippen LogP contribution in [0.3, 0.4) is 0 Å². The summed E-state index contributed by atoms with van der Waals surface area (Å²) in [6.07, 6.45) is 1.36. The quantitative estimate of drug-likeness (QED) is 0.665. The maximum Gasteiger partial charge on any atom is 0.283 e. The Morgan fingerprint density at radius 3 is 3.00 bits per heavy atom. The van der Waals surface area contributed by atoms with Crippen LogP contribution in [0.2, 0.25) is 0 Å². The van der Waals surface area contributed by atoms with Gasteiger partial charge >= 0.3 is 0 Å².